The highest BCUT2D eigenvalue weighted by Gasteiger charge is 2.35. The molecule has 0 saturated carbocycles. The van der Waals surface area contributed by atoms with Gasteiger partial charge < -0.3 is 9.64 Å². The molecule has 3 aromatic rings. The molecule has 2 aliphatic heterocycles. The monoisotopic (exact) mass is 582 g/mol. The lowest BCUT2D eigenvalue weighted by atomic mass is 9.98. The lowest BCUT2D eigenvalue weighted by Gasteiger charge is -2.31. The lowest BCUT2D eigenvalue weighted by Crippen LogP contribution is -2.46. The van der Waals surface area contributed by atoms with Crippen LogP contribution in [-0.2, 0) is 9.53 Å². The molecule has 0 bridgehead atoms. The zero-order valence-electron chi connectivity index (χ0n) is 21.8. The first kappa shape index (κ1) is 28.2. The van der Waals surface area contributed by atoms with E-state index in [1.807, 2.05) is 18.2 Å². The standard InChI is InChI=1S/C30H29Cl2FN4O3/c31-25-7-3-1-5-23(25)28-19-27(21-9-11-22(33)12-10-21)34-37(28)29(38)20-36(14-13-35-15-17-40-18-16-35)30(39)24-6-2-4-8-26(24)32/h1-12,28H,13-20H2/t28-/m0/s1. The number of amides is 2. The Labute approximate surface area is 242 Å². The smallest absolute Gasteiger partial charge is 0.262 e. The Bertz CT molecular complexity index is 1400. The van der Waals surface area contributed by atoms with Gasteiger partial charge >= 0.3 is 0 Å². The number of hydrogen-bond donors (Lipinski definition) is 0. The SMILES string of the molecule is O=C(c1ccccc1Cl)N(CCN1CCOCC1)CC(=O)N1N=C(c2ccc(F)cc2)C[C@H]1c1ccccc1Cl. The maximum absolute atomic E-state index is 13.9. The van der Waals surface area contributed by atoms with Gasteiger partial charge in [-0.3, -0.25) is 14.5 Å². The Balaban J connectivity index is 1.43. The first-order valence-electron chi connectivity index (χ1n) is 13.1. The fourth-order valence-corrected chi connectivity index (χ4v) is 5.40. The van der Waals surface area contributed by atoms with Crippen LogP contribution in [0.4, 0.5) is 4.39 Å². The molecule has 10 heteroatoms. The molecule has 40 heavy (non-hydrogen) atoms. The van der Waals surface area contributed by atoms with Crippen molar-refractivity contribution in [2.75, 3.05) is 45.9 Å². The number of hydrogen-bond acceptors (Lipinski definition) is 5. The number of nitrogens with zero attached hydrogens (tertiary/aromatic N) is 4. The maximum Gasteiger partial charge on any atom is 0.262 e. The van der Waals surface area contributed by atoms with Crippen LogP contribution in [0.3, 0.4) is 0 Å². The Morgan fingerprint density at radius 1 is 0.950 bits per heavy atom. The zero-order valence-corrected chi connectivity index (χ0v) is 23.3. The topological polar surface area (TPSA) is 65.5 Å². The van der Waals surface area contributed by atoms with Crippen LogP contribution < -0.4 is 0 Å². The van der Waals surface area contributed by atoms with E-state index >= 15 is 0 Å². The molecular formula is C30H29Cl2FN4O3. The van der Waals surface area contributed by atoms with Crippen molar-refractivity contribution in [1.29, 1.82) is 0 Å². The van der Waals surface area contributed by atoms with Crippen LogP contribution in [0, 0.1) is 5.82 Å². The van der Waals surface area contributed by atoms with Crippen LogP contribution in [0.2, 0.25) is 10.0 Å². The van der Waals surface area contributed by atoms with Crippen molar-refractivity contribution in [3.63, 3.8) is 0 Å². The van der Waals surface area contributed by atoms with Gasteiger partial charge in [-0.05, 0) is 41.5 Å². The molecule has 1 fully saturated rings. The number of rotatable bonds is 8. The molecule has 208 valence electrons. The number of ether oxygens (including phenoxy) is 1. The second kappa shape index (κ2) is 12.9. The number of carbonyl (C=O) groups excluding carboxylic acids is 2. The highest BCUT2D eigenvalue weighted by atomic mass is 35.5. The van der Waals surface area contributed by atoms with Gasteiger partial charge in [0.05, 0.1) is 35.6 Å². The van der Waals surface area contributed by atoms with Gasteiger partial charge in [0.25, 0.3) is 11.8 Å². The highest BCUT2D eigenvalue weighted by Crippen LogP contribution is 2.36. The fraction of sp³-hybridized carbons (Fsp3) is 0.300. The van der Waals surface area contributed by atoms with Gasteiger partial charge in [0, 0.05) is 37.6 Å². The first-order chi connectivity index (χ1) is 19.4. The van der Waals surface area contributed by atoms with Crippen molar-refractivity contribution in [1.82, 2.24) is 14.8 Å². The van der Waals surface area contributed by atoms with E-state index in [0.717, 1.165) is 18.7 Å². The van der Waals surface area contributed by atoms with Crippen molar-refractivity contribution >= 4 is 40.7 Å². The second-order valence-corrected chi connectivity index (χ2v) is 10.5. The third kappa shape index (κ3) is 6.53. The van der Waals surface area contributed by atoms with Crippen LogP contribution in [-0.4, -0.2) is 78.3 Å². The highest BCUT2D eigenvalue weighted by molar-refractivity contribution is 6.33. The molecule has 3 aromatic carbocycles. The summed E-state index contributed by atoms with van der Waals surface area (Å²) in [4.78, 5) is 31.3. The summed E-state index contributed by atoms with van der Waals surface area (Å²) in [6.07, 6.45) is 0.396. The van der Waals surface area contributed by atoms with Crippen LogP contribution in [0.1, 0.15) is 33.9 Å². The lowest BCUT2D eigenvalue weighted by molar-refractivity contribution is -0.133. The predicted octanol–water partition coefficient (Wildman–Crippen LogP) is 5.28. The average Bonchev–Trinajstić information content (AvgIpc) is 3.42. The third-order valence-corrected chi connectivity index (χ3v) is 7.79. The van der Waals surface area contributed by atoms with Crippen molar-refractivity contribution in [2.24, 2.45) is 5.10 Å². The number of halogens is 3. The minimum absolute atomic E-state index is 0.199. The van der Waals surface area contributed by atoms with E-state index in [1.165, 1.54) is 22.0 Å². The summed E-state index contributed by atoms with van der Waals surface area (Å²) in [5, 5.41) is 6.91. The van der Waals surface area contributed by atoms with Crippen molar-refractivity contribution in [3.8, 4) is 0 Å². The molecule has 0 unspecified atom stereocenters. The summed E-state index contributed by atoms with van der Waals surface area (Å²) in [5.74, 6) is -1.04. The Morgan fingerprint density at radius 3 is 2.33 bits per heavy atom. The second-order valence-electron chi connectivity index (χ2n) is 9.69. The molecule has 7 nitrogen and oxygen atoms in total. The summed E-state index contributed by atoms with van der Waals surface area (Å²) in [7, 11) is 0. The largest absolute Gasteiger partial charge is 0.379 e. The molecule has 1 saturated heterocycles. The van der Waals surface area contributed by atoms with Gasteiger partial charge in [0.1, 0.15) is 12.4 Å². The number of hydrazone groups is 1. The van der Waals surface area contributed by atoms with Gasteiger partial charge in [-0.2, -0.15) is 5.10 Å². The minimum atomic E-state index is -0.474. The molecule has 0 aromatic heterocycles. The molecule has 0 radical (unpaired) electrons. The maximum atomic E-state index is 13.9. The average molecular weight is 583 g/mol. The molecule has 2 amide bonds. The van der Waals surface area contributed by atoms with Gasteiger partial charge in [0.15, 0.2) is 0 Å². The van der Waals surface area contributed by atoms with E-state index in [2.05, 4.69) is 10.0 Å². The van der Waals surface area contributed by atoms with Gasteiger partial charge in [-0.25, -0.2) is 9.40 Å². The third-order valence-electron chi connectivity index (χ3n) is 7.12. The predicted molar refractivity (Wildman–Crippen MR) is 153 cm³/mol. The van der Waals surface area contributed by atoms with E-state index < -0.39 is 6.04 Å². The fourth-order valence-electron chi connectivity index (χ4n) is 4.92. The van der Waals surface area contributed by atoms with E-state index in [4.69, 9.17) is 27.9 Å². The zero-order chi connectivity index (χ0) is 28.1. The summed E-state index contributed by atoms with van der Waals surface area (Å²) in [5.41, 5.74) is 2.43. The van der Waals surface area contributed by atoms with E-state index in [-0.39, 0.29) is 24.2 Å². The molecule has 2 aliphatic rings. The van der Waals surface area contributed by atoms with E-state index in [9.17, 15) is 14.0 Å². The molecule has 5 rings (SSSR count). The van der Waals surface area contributed by atoms with E-state index in [1.54, 1.807) is 42.5 Å². The Hall–Kier alpha value is -3.30. The van der Waals surface area contributed by atoms with Crippen LogP contribution in [0.25, 0.3) is 0 Å². The normalized spacial score (nSPS) is 17.5. The summed E-state index contributed by atoms with van der Waals surface area (Å²) in [6, 6.07) is 19.7. The number of benzene rings is 3. The van der Waals surface area contributed by atoms with Crippen molar-refractivity contribution < 1.29 is 18.7 Å². The number of morpholine rings is 1. The van der Waals surface area contributed by atoms with Crippen molar-refractivity contribution in [3.05, 3.63) is 105 Å². The first-order valence-corrected chi connectivity index (χ1v) is 13.9. The van der Waals surface area contributed by atoms with Gasteiger partial charge in [0.2, 0.25) is 0 Å². The van der Waals surface area contributed by atoms with Gasteiger partial charge in [-0.15, -0.1) is 0 Å². The number of carbonyl (C=O) groups is 2. The molecular weight excluding hydrogens is 554 g/mol. The minimum Gasteiger partial charge on any atom is -0.379 e. The van der Waals surface area contributed by atoms with Crippen LogP contribution in [0.5, 0.6) is 0 Å². The van der Waals surface area contributed by atoms with Gasteiger partial charge in [-0.1, -0.05) is 65.7 Å². The quantitative estimate of drug-likeness (QED) is 0.362. The summed E-state index contributed by atoms with van der Waals surface area (Å²) >= 11 is 12.9. The van der Waals surface area contributed by atoms with Crippen LogP contribution in [0.15, 0.2) is 77.9 Å². The van der Waals surface area contributed by atoms with E-state index in [0.29, 0.717) is 59.6 Å². The van der Waals surface area contributed by atoms with Crippen LogP contribution >= 0.6 is 23.2 Å². The Kier molecular flexibility index (Phi) is 9.11. The Morgan fingerprint density at radius 2 is 1.62 bits per heavy atom. The van der Waals surface area contributed by atoms with Crippen molar-refractivity contribution in [2.45, 2.75) is 12.5 Å². The summed E-state index contributed by atoms with van der Waals surface area (Å²) in [6.45, 7) is 3.49. The molecule has 0 aliphatic carbocycles. The molecule has 0 spiro atoms. The molecule has 2 heterocycles. The molecule has 1 atom stereocenters. The summed E-state index contributed by atoms with van der Waals surface area (Å²) < 4.78 is 19.0. The molecule has 0 N–H and O–H groups in total.